The summed E-state index contributed by atoms with van der Waals surface area (Å²) in [5, 5.41) is 11.6. The van der Waals surface area contributed by atoms with Gasteiger partial charge in [0.1, 0.15) is 21.2 Å². The third-order valence-corrected chi connectivity index (χ3v) is 3.29. The summed E-state index contributed by atoms with van der Waals surface area (Å²) < 4.78 is 35.5. The molecule has 18 heavy (non-hydrogen) atoms. The largest absolute Gasteiger partial charge is 0.478 e. The fraction of sp³-hybridized carbons (Fsp3) is 0.364. The van der Waals surface area contributed by atoms with Crippen LogP contribution in [0.4, 0.5) is 10.1 Å². The first-order chi connectivity index (χ1) is 8.20. The van der Waals surface area contributed by atoms with Gasteiger partial charge in [-0.15, -0.1) is 0 Å². The fourth-order valence-electron chi connectivity index (χ4n) is 1.62. The minimum Gasteiger partial charge on any atom is -0.478 e. The van der Waals surface area contributed by atoms with Crippen LogP contribution in [-0.2, 0) is 9.84 Å². The van der Waals surface area contributed by atoms with E-state index in [4.69, 9.17) is 5.11 Å². The molecule has 1 aromatic carbocycles. The summed E-state index contributed by atoms with van der Waals surface area (Å²) >= 11 is 0. The van der Waals surface area contributed by atoms with E-state index < -0.39 is 33.2 Å². The van der Waals surface area contributed by atoms with Crippen molar-refractivity contribution < 1.29 is 22.7 Å². The Hall–Kier alpha value is -1.63. The van der Waals surface area contributed by atoms with E-state index in [-0.39, 0.29) is 11.4 Å². The fourth-order valence-corrected chi connectivity index (χ4v) is 2.61. The van der Waals surface area contributed by atoms with Crippen LogP contribution < -0.4 is 5.32 Å². The van der Waals surface area contributed by atoms with E-state index in [0.29, 0.717) is 0 Å². The van der Waals surface area contributed by atoms with Gasteiger partial charge in [-0.05, 0) is 19.1 Å². The zero-order chi connectivity index (χ0) is 13.9. The highest BCUT2D eigenvalue weighted by molar-refractivity contribution is 7.90. The Bertz CT molecular complexity index is 556. The molecule has 0 aliphatic heterocycles. The Morgan fingerprint density at radius 1 is 1.50 bits per heavy atom. The highest BCUT2D eigenvalue weighted by atomic mass is 32.2. The number of hydrogen-bond acceptors (Lipinski definition) is 4. The zero-order valence-electron chi connectivity index (χ0n) is 9.97. The quantitative estimate of drug-likeness (QED) is 0.848. The molecule has 0 aromatic heterocycles. The SMILES string of the molecule is CC(CS(C)(=O)=O)Nc1cccc(F)c1C(=O)O. The lowest BCUT2D eigenvalue weighted by molar-refractivity contribution is 0.0693. The first-order valence-electron chi connectivity index (χ1n) is 5.17. The van der Waals surface area contributed by atoms with Gasteiger partial charge in [0.2, 0.25) is 0 Å². The van der Waals surface area contributed by atoms with Crippen molar-refractivity contribution in [2.45, 2.75) is 13.0 Å². The second kappa shape index (κ2) is 5.34. The Labute approximate surface area is 105 Å². The Balaban J connectivity index is 2.98. The Morgan fingerprint density at radius 3 is 2.61 bits per heavy atom. The molecule has 0 heterocycles. The number of carboxylic acids is 1. The molecule has 0 fully saturated rings. The lowest BCUT2D eigenvalue weighted by Crippen LogP contribution is -2.26. The van der Waals surface area contributed by atoms with Crippen LogP contribution in [0.2, 0.25) is 0 Å². The number of halogens is 1. The van der Waals surface area contributed by atoms with Gasteiger partial charge in [0.25, 0.3) is 0 Å². The van der Waals surface area contributed by atoms with Gasteiger partial charge >= 0.3 is 5.97 Å². The topological polar surface area (TPSA) is 83.5 Å². The molecule has 1 aromatic rings. The van der Waals surface area contributed by atoms with Crippen molar-refractivity contribution in [1.29, 1.82) is 0 Å². The molecule has 2 N–H and O–H groups in total. The molecular formula is C11H14FNO4S. The van der Waals surface area contributed by atoms with E-state index in [1.54, 1.807) is 6.92 Å². The molecule has 0 amide bonds. The molecule has 0 spiro atoms. The molecule has 0 saturated heterocycles. The third-order valence-electron chi connectivity index (χ3n) is 2.18. The van der Waals surface area contributed by atoms with Gasteiger partial charge in [-0.25, -0.2) is 17.6 Å². The summed E-state index contributed by atoms with van der Waals surface area (Å²) in [4.78, 5) is 10.9. The molecule has 5 nitrogen and oxygen atoms in total. The lowest BCUT2D eigenvalue weighted by atomic mass is 10.1. The number of benzene rings is 1. The maximum absolute atomic E-state index is 13.4. The highest BCUT2D eigenvalue weighted by Crippen LogP contribution is 2.20. The van der Waals surface area contributed by atoms with Crippen molar-refractivity contribution >= 4 is 21.5 Å². The van der Waals surface area contributed by atoms with Crippen LogP contribution in [0.15, 0.2) is 18.2 Å². The molecular weight excluding hydrogens is 261 g/mol. The Kier molecular flexibility index (Phi) is 4.28. The van der Waals surface area contributed by atoms with Crippen LogP contribution >= 0.6 is 0 Å². The van der Waals surface area contributed by atoms with E-state index >= 15 is 0 Å². The van der Waals surface area contributed by atoms with Gasteiger partial charge in [-0.1, -0.05) is 6.07 Å². The smallest absolute Gasteiger partial charge is 0.340 e. The third kappa shape index (κ3) is 3.99. The van der Waals surface area contributed by atoms with Crippen molar-refractivity contribution in [2.24, 2.45) is 0 Å². The number of nitrogens with one attached hydrogen (secondary N) is 1. The Morgan fingerprint density at radius 2 is 2.11 bits per heavy atom. The predicted octanol–water partition coefficient (Wildman–Crippen LogP) is 1.37. The van der Waals surface area contributed by atoms with Gasteiger partial charge in [-0.3, -0.25) is 0 Å². The average molecular weight is 275 g/mol. The van der Waals surface area contributed by atoms with Gasteiger partial charge in [0.05, 0.1) is 11.4 Å². The van der Waals surface area contributed by atoms with Gasteiger partial charge in [0.15, 0.2) is 0 Å². The summed E-state index contributed by atoms with van der Waals surface area (Å²) in [7, 11) is -3.19. The second-order valence-electron chi connectivity index (χ2n) is 4.11. The van der Waals surface area contributed by atoms with Crippen molar-refractivity contribution in [2.75, 3.05) is 17.3 Å². The molecule has 0 aliphatic rings. The summed E-state index contributed by atoms with van der Waals surface area (Å²) in [6.45, 7) is 1.58. The molecule has 1 atom stereocenters. The molecule has 0 saturated carbocycles. The number of sulfone groups is 1. The monoisotopic (exact) mass is 275 g/mol. The van der Waals surface area contributed by atoms with E-state index in [0.717, 1.165) is 12.3 Å². The molecule has 1 rings (SSSR count). The van der Waals surface area contributed by atoms with E-state index in [1.165, 1.54) is 12.1 Å². The normalized spacial score (nSPS) is 13.1. The summed E-state index contributed by atoms with van der Waals surface area (Å²) in [5.74, 6) is -2.43. The van der Waals surface area contributed by atoms with Crippen LogP contribution in [-0.4, -0.2) is 37.5 Å². The van der Waals surface area contributed by atoms with Gasteiger partial charge < -0.3 is 10.4 Å². The number of hydrogen-bond donors (Lipinski definition) is 2. The van der Waals surface area contributed by atoms with Crippen molar-refractivity contribution in [3.05, 3.63) is 29.6 Å². The first kappa shape index (κ1) is 14.4. The predicted molar refractivity (Wildman–Crippen MR) is 66.2 cm³/mol. The lowest BCUT2D eigenvalue weighted by Gasteiger charge is -2.16. The molecule has 7 heteroatoms. The number of rotatable bonds is 5. The zero-order valence-corrected chi connectivity index (χ0v) is 10.8. The van der Waals surface area contributed by atoms with Crippen LogP contribution in [0.3, 0.4) is 0 Å². The van der Waals surface area contributed by atoms with Crippen LogP contribution in [0.5, 0.6) is 0 Å². The summed E-state index contributed by atoms with van der Waals surface area (Å²) in [5.41, 5.74) is -0.420. The van der Waals surface area contributed by atoms with Gasteiger partial charge in [-0.2, -0.15) is 0 Å². The van der Waals surface area contributed by atoms with E-state index in [2.05, 4.69) is 5.32 Å². The van der Waals surface area contributed by atoms with E-state index in [9.17, 15) is 17.6 Å². The summed E-state index contributed by atoms with van der Waals surface area (Å²) in [6, 6.07) is 3.28. The van der Waals surface area contributed by atoms with Crippen molar-refractivity contribution in [1.82, 2.24) is 0 Å². The minimum absolute atomic E-state index is 0.0682. The maximum atomic E-state index is 13.4. The second-order valence-corrected chi connectivity index (χ2v) is 6.29. The van der Waals surface area contributed by atoms with Crippen molar-refractivity contribution in [3.8, 4) is 0 Å². The number of anilines is 1. The first-order valence-corrected chi connectivity index (χ1v) is 7.23. The van der Waals surface area contributed by atoms with Crippen LogP contribution in [0, 0.1) is 5.82 Å². The highest BCUT2D eigenvalue weighted by Gasteiger charge is 2.18. The minimum atomic E-state index is -3.19. The van der Waals surface area contributed by atoms with Gasteiger partial charge in [0, 0.05) is 12.3 Å². The molecule has 0 aliphatic carbocycles. The molecule has 0 bridgehead atoms. The van der Waals surface area contributed by atoms with Crippen LogP contribution in [0.1, 0.15) is 17.3 Å². The average Bonchev–Trinajstić information content (AvgIpc) is 2.13. The number of carboxylic acid groups (broad SMARTS) is 1. The number of aromatic carboxylic acids is 1. The van der Waals surface area contributed by atoms with Crippen LogP contribution in [0.25, 0.3) is 0 Å². The van der Waals surface area contributed by atoms with Crippen molar-refractivity contribution in [3.63, 3.8) is 0 Å². The molecule has 0 radical (unpaired) electrons. The maximum Gasteiger partial charge on any atom is 0.340 e. The molecule has 1 unspecified atom stereocenters. The van der Waals surface area contributed by atoms with E-state index in [1.807, 2.05) is 0 Å². The summed E-state index contributed by atoms with van der Waals surface area (Å²) in [6.07, 6.45) is 1.08. The number of carbonyl (C=O) groups is 1. The standard InChI is InChI=1S/C11H14FNO4S/c1-7(6-18(2,16)17)13-9-5-3-4-8(12)10(9)11(14)15/h3-5,7,13H,6H2,1-2H3,(H,14,15). The molecule has 100 valence electrons.